The largest absolute Gasteiger partial charge is 0.366 e. The molecule has 1 amide bonds. The Morgan fingerprint density at radius 3 is 2.35 bits per heavy atom. The van der Waals surface area contributed by atoms with Crippen LogP contribution in [0.15, 0.2) is 73.2 Å². The van der Waals surface area contributed by atoms with Crippen LogP contribution in [0.2, 0.25) is 0 Å². The minimum absolute atomic E-state index is 0.00492. The van der Waals surface area contributed by atoms with E-state index in [1.165, 1.54) is 24.3 Å². The maximum atomic E-state index is 14.3. The molecule has 0 aliphatic heterocycles. The van der Waals surface area contributed by atoms with Crippen LogP contribution in [0, 0.1) is 31.3 Å². The van der Waals surface area contributed by atoms with Gasteiger partial charge in [-0.05, 0) is 91.4 Å². The number of ketones is 1. The van der Waals surface area contributed by atoms with Gasteiger partial charge in [0.1, 0.15) is 17.5 Å². The number of hydrogen-bond donors (Lipinski definition) is 1. The van der Waals surface area contributed by atoms with Crippen molar-refractivity contribution in [2.75, 3.05) is 0 Å². The number of pyridine rings is 1. The van der Waals surface area contributed by atoms with Gasteiger partial charge in [-0.3, -0.25) is 14.6 Å². The van der Waals surface area contributed by atoms with Gasteiger partial charge >= 0.3 is 0 Å². The second-order valence-electron chi connectivity index (χ2n) is 10.8. The number of carbonyl (C=O) groups is 2. The molecular weight excluding hydrogens is 553 g/mol. The SMILES string of the molecule is CCC(C(=O)C[C@@H](Cc1cc(F)cc(F)c1)c1ncccc1-c1ccc(F)c(C(N)=O)c1)n1cnc2cc(C)c(C)cc21. The number of hydrogen-bond acceptors (Lipinski definition) is 4. The van der Waals surface area contributed by atoms with E-state index < -0.39 is 35.3 Å². The Balaban J connectivity index is 1.58. The molecule has 1 unspecified atom stereocenters. The number of aromatic nitrogens is 3. The lowest BCUT2D eigenvalue weighted by Gasteiger charge is -2.23. The van der Waals surface area contributed by atoms with Gasteiger partial charge in [0.15, 0.2) is 5.78 Å². The van der Waals surface area contributed by atoms with Crippen molar-refractivity contribution < 1.29 is 22.8 Å². The van der Waals surface area contributed by atoms with Crippen molar-refractivity contribution in [3.05, 3.63) is 119 Å². The highest BCUT2D eigenvalue weighted by molar-refractivity contribution is 5.94. The molecule has 2 atom stereocenters. The molecule has 0 spiro atoms. The van der Waals surface area contributed by atoms with Crippen LogP contribution in [0.25, 0.3) is 22.2 Å². The quantitative estimate of drug-likeness (QED) is 0.188. The van der Waals surface area contributed by atoms with Gasteiger partial charge in [-0.2, -0.15) is 0 Å². The number of primary amides is 1. The molecule has 0 saturated carbocycles. The molecule has 5 rings (SSSR count). The number of amides is 1. The summed E-state index contributed by atoms with van der Waals surface area (Å²) < 4.78 is 44.6. The van der Waals surface area contributed by atoms with E-state index in [4.69, 9.17) is 5.73 Å². The fourth-order valence-electron chi connectivity index (χ4n) is 5.64. The average molecular weight is 585 g/mol. The number of rotatable bonds is 10. The van der Waals surface area contributed by atoms with Crippen molar-refractivity contribution in [2.45, 2.75) is 52.0 Å². The molecule has 2 heterocycles. The standard InChI is InChI=1S/C34H31F3N4O2/c1-4-30(41-18-40-29-10-19(2)20(3)11-31(29)41)32(42)16-23(12-21-13-24(35)17-25(36)14-21)33-26(6-5-9-39-33)22-7-8-28(37)27(15-22)34(38)43/h5-11,13-15,17-18,23,30H,4,12,16H2,1-3H3,(H2,38,43)/t23-,30?/m1/s1. The second-order valence-corrected chi connectivity index (χ2v) is 10.8. The fraction of sp³-hybridized carbons (Fsp3) is 0.235. The molecule has 5 aromatic rings. The number of carbonyl (C=O) groups excluding carboxylic acids is 2. The third-order valence-electron chi connectivity index (χ3n) is 7.90. The summed E-state index contributed by atoms with van der Waals surface area (Å²) in [6, 6.07) is 14.1. The number of aryl methyl sites for hydroxylation is 2. The Kier molecular flexibility index (Phi) is 8.43. The summed E-state index contributed by atoms with van der Waals surface area (Å²) in [6.07, 6.45) is 3.83. The van der Waals surface area contributed by atoms with E-state index in [1.54, 1.807) is 24.7 Å². The molecule has 0 radical (unpaired) electrons. The molecule has 0 fully saturated rings. The van der Waals surface area contributed by atoms with Gasteiger partial charge in [0.25, 0.3) is 5.91 Å². The zero-order valence-electron chi connectivity index (χ0n) is 24.1. The van der Waals surface area contributed by atoms with E-state index in [2.05, 4.69) is 9.97 Å². The minimum Gasteiger partial charge on any atom is -0.366 e. The predicted octanol–water partition coefficient (Wildman–Crippen LogP) is 7.17. The maximum Gasteiger partial charge on any atom is 0.251 e. The van der Waals surface area contributed by atoms with Gasteiger partial charge in [0.05, 0.1) is 34.7 Å². The van der Waals surface area contributed by atoms with Crippen LogP contribution in [0.1, 0.15) is 64.5 Å². The highest BCUT2D eigenvalue weighted by Crippen LogP contribution is 2.35. The first-order valence-corrected chi connectivity index (χ1v) is 14.0. The average Bonchev–Trinajstić information content (AvgIpc) is 3.35. The van der Waals surface area contributed by atoms with E-state index in [0.29, 0.717) is 28.8 Å². The number of halogens is 3. The number of benzene rings is 3. The zero-order valence-corrected chi connectivity index (χ0v) is 24.1. The van der Waals surface area contributed by atoms with Gasteiger partial charge in [-0.1, -0.05) is 19.1 Å². The highest BCUT2D eigenvalue weighted by atomic mass is 19.1. The van der Waals surface area contributed by atoms with E-state index in [0.717, 1.165) is 34.3 Å². The van der Waals surface area contributed by atoms with E-state index in [-0.39, 0.29) is 24.2 Å². The number of imidazole rings is 1. The Bertz CT molecular complexity index is 1830. The van der Waals surface area contributed by atoms with Gasteiger partial charge < -0.3 is 10.3 Å². The minimum atomic E-state index is -0.921. The van der Waals surface area contributed by atoms with Crippen LogP contribution in [0.5, 0.6) is 0 Å². The lowest BCUT2D eigenvalue weighted by Crippen LogP contribution is -2.22. The van der Waals surface area contributed by atoms with Gasteiger partial charge in [0.2, 0.25) is 0 Å². The molecule has 0 saturated heterocycles. The van der Waals surface area contributed by atoms with Crippen molar-refractivity contribution >= 4 is 22.7 Å². The summed E-state index contributed by atoms with van der Waals surface area (Å²) >= 11 is 0. The number of Topliss-reactive ketones (excluding diaryl/α,β-unsaturated/α-hetero) is 1. The Labute approximate surface area is 247 Å². The normalized spacial score (nSPS) is 12.8. The van der Waals surface area contributed by atoms with Crippen LogP contribution >= 0.6 is 0 Å². The molecule has 0 bridgehead atoms. The number of nitrogens with zero attached hydrogens (tertiary/aromatic N) is 3. The molecule has 3 aromatic carbocycles. The lowest BCUT2D eigenvalue weighted by molar-refractivity contribution is -0.122. The molecule has 0 aliphatic rings. The molecule has 2 aromatic heterocycles. The fourth-order valence-corrected chi connectivity index (χ4v) is 5.64. The summed E-state index contributed by atoms with van der Waals surface area (Å²) in [6.45, 7) is 5.93. The Morgan fingerprint density at radius 1 is 0.930 bits per heavy atom. The monoisotopic (exact) mass is 584 g/mol. The summed E-state index contributed by atoms with van der Waals surface area (Å²) in [7, 11) is 0. The first-order chi connectivity index (χ1) is 20.5. The smallest absolute Gasteiger partial charge is 0.251 e. The molecule has 2 N–H and O–H groups in total. The van der Waals surface area contributed by atoms with Gasteiger partial charge in [0, 0.05) is 30.2 Å². The molecule has 220 valence electrons. The van der Waals surface area contributed by atoms with Gasteiger partial charge in [-0.25, -0.2) is 18.2 Å². The van der Waals surface area contributed by atoms with Crippen LogP contribution in [-0.4, -0.2) is 26.2 Å². The second kappa shape index (κ2) is 12.2. The maximum absolute atomic E-state index is 14.3. The lowest BCUT2D eigenvalue weighted by atomic mass is 9.85. The first-order valence-electron chi connectivity index (χ1n) is 14.0. The Morgan fingerprint density at radius 2 is 1.65 bits per heavy atom. The third kappa shape index (κ3) is 6.21. The van der Waals surface area contributed by atoms with Crippen LogP contribution in [-0.2, 0) is 11.2 Å². The summed E-state index contributed by atoms with van der Waals surface area (Å²) in [5, 5.41) is 0. The van der Waals surface area contributed by atoms with Crippen molar-refractivity contribution in [3.8, 4) is 11.1 Å². The van der Waals surface area contributed by atoms with E-state index in [9.17, 15) is 22.8 Å². The van der Waals surface area contributed by atoms with E-state index in [1.807, 2.05) is 37.5 Å². The van der Waals surface area contributed by atoms with Crippen molar-refractivity contribution in [1.29, 1.82) is 0 Å². The number of fused-ring (bicyclic) bond motifs is 1. The topological polar surface area (TPSA) is 90.9 Å². The van der Waals surface area contributed by atoms with E-state index >= 15 is 0 Å². The molecule has 43 heavy (non-hydrogen) atoms. The summed E-state index contributed by atoms with van der Waals surface area (Å²) in [4.78, 5) is 35.1. The molecular formula is C34H31F3N4O2. The summed E-state index contributed by atoms with van der Waals surface area (Å²) in [5.74, 6) is -3.85. The molecule has 6 nitrogen and oxygen atoms in total. The zero-order chi connectivity index (χ0) is 30.8. The first kappa shape index (κ1) is 29.7. The van der Waals surface area contributed by atoms with Gasteiger partial charge in [-0.15, -0.1) is 0 Å². The van der Waals surface area contributed by atoms with Crippen LogP contribution < -0.4 is 5.73 Å². The molecule has 0 aliphatic carbocycles. The van der Waals surface area contributed by atoms with Crippen LogP contribution in [0.3, 0.4) is 0 Å². The van der Waals surface area contributed by atoms with Crippen molar-refractivity contribution in [1.82, 2.24) is 14.5 Å². The highest BCUT2D eigenvalue weighted by Gasteiger charge is 2.28. The third-order valence-corrected chi connectivity index (χ3v) is 7.90. The van der Waals surface area contributed by atoms with Crippen molar-refractivity contribution in [3.63, 3.8) is 0 Å². The predicted molar refractivity (Wildman–Crippen MR) is 159 cm³/mol. The summed E-state index contributed by atoms with van der Waals surface area (Å²) in [5.41, 5.74) is 10.8. The number of nitrogens with two attached hydrogens (primary N) is 1. The molecule has 9 heteroatoms. The Hall–Kier alpha value is -4.79. The van der Waals surface area contributed by atoms with Crippen LogP contribution in [0.4, 0.5) is 13.2 Å². The van der Waals surface area contributed by atoms with Crippen molar-refractivity contribution in [2.24, 2.45) is 5.73 Å².